The summed E-state index contributed by atoms with van der Waals surface area (Å²) in [6, 6.07) is 12.5. The maximum atomic E-state index is 12.2. The summed E-state index contributed by atoms with van der Waals surface area (Å²) < 4.78 is 26.8. The monoisotopic (exact) mass is 419 g/mol. The Hall–Kier alpha value is -2.85. The second-order valence-corrected chi connectivity index (χ2v) is 9.21. The van der Waals surface area contributed by atoms with Crippen LogP contribution in [-0.4, -0.2) is 29.6 Å². The lowest BCUT2D eigenvalue weighted by molar-refractivity contribution is -0.384. The summed E-state index contributed by atoms with van der Waals surface area (Å²) in [6.07, 6.45) is 0.167. The average Bonchev–Trinajstić information content (AvgIpc) is 2.97. The van der Waals surface area contributed by atoms with Crippen molar-refractivity contribution in [3.05, 3.63) is 63.4 Å². The SMILES string of the molecule is Cn1c(=NC(=O)CCCS(=O)(=O)c2ccccc2)sc2cc([N+](=O)[O-])ccc21. The number of amides is 1. The van der Waals surface area contributed by atoms with Crippen LogP contribution in [0.3, 0.4) is 0 Å². The summed E-state index contributed by atoms with van der Waals surface area (Å²) in [5.41, 5.74) is 0.701. The van der Waals surface area contributed by atoms with Crippen molar-refractivity contribution in [3.63, 3.8) is 0 Å². The van der Waals surface area contributed by atoms with Gasteiger partial charge in [0.05, 0.1) is 25.8 Å². The van der Waals surface area contributed by atoms with Gasteiger partial charge in [-0.3, -0.25) is 14.9 Å². The minimum Gasteiger partial charge on any atom is -0.319 e. The lowest BCUT2D eigenvalue weighted by Crippen LogP contribution is -2.14. The molecule has 0 bridgehead atoms. The van der Waals surface area contributed by atoms with E-state index in [0.717, 1.165) is 5.52 Å². The summed E-state index contributed by atoms with van der Waals surface area (Å²) in [6.45, 7) is 0. The number of rotatable bonds is 6. The fourth-order valence-corrected chi connectivity index (χ4v) is 5.07. The molecule has 0 aliphatic heterocycles. The van der Waals surface area contributed by atoms with E-state index in [0.29, 0.717) is 9.50 Å². The molecule has 3 rings (SSSR count). The molecule has 3 aromatic rings. The zero-order chi connectivity index (χ0) is 20.3. The molecule has 1 aromatic heterocycles. The molecule has 0 aliphatic rings. The average molecular weight is 419 g/mol. The number of nitrogens with zero attached hydrogens (tertiary/aromatic N) is 3. The first kappa shape index (κ1) is 19.9. The summed E-state index contributed by atoms with van der Waals surface area (Å²) >= 11 is 1.17. The van der Waals surface area contributed by atoms with Crippen molar-refractivity contribution in [3.8, 4) is 0 Å². The van der Waals surface area contributed by atoms with Crippen molar-refractivity contribution in [2.45, 2.75) is 17.7 Å². The molecule has 2 aromatic carbocycles. The smallest absolute Gasteiger partial charge is 0.270 e. The van der Waals surface area contributed by atoms with Gasteiger partial charge >= 0.3 is 0 Å². The van der Waals surface area contributed by atoms with Crippen molar-refractivity contribution >= 4 is 43.0 Å². The minimum absolute atomic E-state index is 0.000453. The number of sulfone groups is 1. The number of aromatic nitrogens is 1. The summed E-state index contributed by atoms with van der Waals surface area (Å²) in [7, 11) is -1.71. The number of non-ortho nitro benzene ring substituents is 1. The van der Waals surface area contributed by atoms with Gasteiger partial charge < -0.3 is 4.57 Å². The van der Waals surface area contributed by atoms with Gasteiger partial charge in [0.25, 0.3) is 5.69 Å². The van der Waals surface area contributed by atoms with Crippen LogP contribution in [0, 0.1) is 10.1 Å². The molecule has 28 heavy (non-hydrogen) atoms. The number of carbonyl (C=O) groups is 1. The van der Waals surface area contributed by atoms with E-state index in [1.807, 2.05) is 0 Å². The maximum Gasteiger partial charge on any atom is 0.270 e. The number of thiazole rings is 1. The number of hydrogen-bond donors (Lipinski definition) is 0. The Bertz CT molecular complexity index is 1210. The van der Waals surface area contributed by atoms with Crippen LogP contribution in [0.4, 0.5) is 5.69 Å². The van der Waals surface area contributed by atoms with Crippen molar-refractivity contribution in [2.24, 2.45) is 12.0 Å². The van der Waals surface area contributed by atoms with Gasteiger partial charge in [-0.2, -0.15) is 4.99 Å². The van der Waals surface area contributed by atoms with Crippen LogP contribution in [0.1, 0.15) is 12.8 Å². The van der Waals surface area contributed by atoms with Gasteiger partial charge in [-0.15, -0.1) is 0 Å². The summed E-state index contributed by atoms with van der Waals surface area (Å²) in [4.78, 5) is 27.3. The Morgan fingerprint density at radius 3 is 2.61 bits per heavy atom. The van der Waals surface area contributed by atoms with E-state index in [-0.39, 0.29) is 29.2 Å². The third-order valence-electron chi connectivity index (χ3n) is 4.13. The first-order chi connectivity index (χ1) is 13.3. The molecule has 0 atom stereocenters. The van der Waals surface area contributed by atoms with Crippen LogP contribution in [0.15, 0.2) is 58.4 Å². The topological polar surface area (TPSA) is 112 Å². The molecular weight excluding hydrogens is 402 g/mol. The van der Waals surface area contributed by atoms with Gasteiger partial charge in [0, 0.05) is 25.6 Å². The van der Waals surface area contributed by atoms with Crippen LogP contribution in [-0.2, 0) is 21.7 Å². The fraction of sp³-hybridized carbons (Fsp3) is 0.222. The van der Waals surface area contributed by atoms with Crippen LogP contribution >= 0.6 is 11.3 Å². The van der Waals surface area contributed by atoms with E-state index in [4.69, 9.17) is 0 Å². The Labute approximate surface area is 164 Å². The standard InChI is InChI=1S/C18H17N3O5S2/c1-20-15-10-9-13(21(23)24)12-16(15)27-18(20)19-17(22)8-5-11-28(25,26)14-6-3-2-4-7-14/h2-4,6-7,9-10,12H,5,8,11H2,1H3. The third-order valence-corrected chi connectivity index (χ3v) is 7.04. The summed E-state index contributed by atoms with van der Waals surface area (Å²) in [5, 5.41) is 10.9. The molecular formula is C18H17N3O5S2. The lowest BCUT2D eigenvalue weighted by Gasteiger charge is -2.02. The van der Waals surface area contributed by atoms with Gasteiger partial charge in [0.1, 0.15) is 0 Å². The van der Waals surface area contributed by atoms with Crippen LogP contribution in [0.2, 0.25) is 0 Å². The van der Waals surface area contributed by atoms with Gasteiger partial charge in [-0.1, -0.05) is 29.5 Å². The lowest BCUT2D eigenvalue weighted by atomic mass is 10.3. The predicted molar refractivity (Wildman–Crippen MR) is 106 cm³/mol. The Kier molecular flexibility index (Phi) is 5.71. The molecule has 1 heterocycles. The zero-order valence-corrected chi connectivity index (χ0v) is 16.6. The number of nitro groups is 1. The number of aryl methyl sites for hydroxylation is 1. The van der Waals surface area contributed by atoms with E-state index in [1.165, 1.54) is 35.6 Å². The Balaban J connectivity index is 1.72. The van der Waals surface area contributed by atoms with Gasteiger partial charge in [0.2, 0.25) is 5.91 Å². The van der Waals surface area contributed by atoms with Crippen LogP contribution in [0.5, 0.6) is 0 Å². The highest BCUT2D eigenvalue weighted by atomic mass is 32.2. The van der Waals surface area contributed by atoms with Crippen molar-refractivity contribution in [2.75, 3.05) is 5.75 Å². The molecule has 0 aliphatic carbocycles. The molecule has 8 nitrogen and oxygen atoms in total. The highest BCUT2D eigenvalue weighted by Gasteiger charge is 2.15. The molecule has 0 saturated heterocycles. The molecule has 0 unspecified atom stereocenters. The van der Waals surface area contributed by atoms with Crippen molar-refractivity contribution in [1.82, 2.24) is 4.57 Å². The van der Waals surface area contributed by atoms with E-state index in [2.05, 4.69) is 4.99 Å². The Morgan fingerprint density at radius 2 is 1.93 bits per heavy atom. The van der Waals surface area contributed by atoms with Crippen LogP contribution < -0.4 is 4.80 Å². The molecule has 0 spiro atoms. The normalized spacial score (nSPS) is 12.4. The largest absolute Gasteiger partial charge is 0.319 e. The van der Waals surface area contributed by atoms with E-state index < -0.39 is 20.7 Å². The minimum atomic E-state index is -3.43. The molecule has 0 radical (unpaired) electrons. The van der Waals surface area contributed by atoms with E-state index in [1.54, 1.807) is 35.9 Å². The maximum absolute atomic E-state index is 12.2. The molecule has 146 valence electrons. The van der Waals surface area contributed by atoms with Crippen molar-refractivity contribution in [1.29, 1.82) is 0 Å². The second-order valence-electron chi connectivity index (χ2n) is 6.09. The number of nitro benzene ring substituents is 1. The van der Waals surface area contributed by atoms with Crippen molar-refractivity contribution < 1.29 is 18.1 Å². The number of carbonyl (C=O) groups excluding carboxylic acids is 1. The number of benzene rings is 2. The first-order valence-electron chi connectivity index (χ1n) is 8.37. The highest BCUT2D eigenvalue weighted by molar-refractivity contribution is 7.91. The zero-order valence-electron chi connectivity index (χ0n) is 14.9. The summed E-state index contributed by atoms with van der Waals surface area (Å²) in [5.74, 6) is -0.567. The number of hydrogen-bond acceptors (Lipinski definition) is 6. The molecule has 1 amide bonds. The van der Waals surface area contributed by atoms with Gasteiger partial charge in [0.15, 0.2) is 14.6 Å². The number of fused-ring (bicyclic) bond motifs is 1. The predicted octanol–water partition coefficient (Wildman–Crippen LogP) is 2.83. The van der Waals surface area contributed by atoms with E-state index >= 15 is 0 Å². The van der Waals surface area contributed by atoms with E-state index in [9.17, 15) is 23.3 Å². The molecule has 0 saturated carbocycles. The second kappa shape index (κ2) is 8.03. The van der Waals surface area contributed by atoms with Crippen LogP contribution in [0.25, 0.3) is 10.2 Å². The highest BCUT2D eigenvalue weighted by Crippen LogP contribution is 2.22. The quantitative estimate of drug-likeness (QED) is 0.450. The Morgan fingerprint density at radius 1 is 1.21 bits per heavy atom. The van der Waals surface area contributed by atoms with Gasteiger partial charge in [-0.05, 0) is 24.6 Å². The van der Waals surface area contributed by atoms with Gasteiger partial charge in [-0.25, -0.2) is 8.42 Å². The molecule has 10 heteroatoms. The fourth-order valence-electron chi connectivity index (χ4n) is 2.66. The molecule has 0 N–H and O–H groups in total. The first-order valence-corrected chi connectivity index (χ1v) is 10.8. The molecule has 0 fully saturated rings. The third kappa shape index (κ3) is 4.34.